The summed E-state index contributed by atoms with van der Waals surface area (Å²) in [6.45, 7) is 3.04. The molecule has 4 rings (SSSR count). The normalized spacial score (nSPS) is 21.4. The van der Waals surface area contributed by atoms with Crippen molar-refractivity contribution in [2.24, 2.45) is 11.7 Å². The second kappa shape index (κ2) is 6.37. The third kappa shape index (κ3) is 3.02. The van der Waals surface area contributed by atoms with Crippen molar-refractivity contribution in [3.05, 3.63) is 22.4 Å². The van der Waals surface area contributed by atoms with Crippen LogP contribution in [0.5, 0.6) is 0 Å². The van der Waals surface area contributed by atoms with Gasteiger partial charge >= 0.3 is 0 Å². The number of carbonyl (C=O) groups is 1. The maximum atomic E-state index is 11.8. The van der Waals surface area contributed by atoms with Gasteiger partial charge in [-0.25, -0.2) is 4.98 Å². The Kier molecular flexibility index (Phi) is 4.22. The fourth-order valence-electron chi connectivity index (χ4n) is 3.51. The molecule has 24 heavy (non-hydrogen) atoms. The van der Waals surface area contributed by atoms with Crippen LogP contribution in [0.25, 0.3) is 11.0 Å². The molecule has 1 aliphatic carbocycles. The second-order valence-corrected chi connectivity index (χ2v) is 7.66. The SMILES string of the molecule is NC(=O)c1nc2[nH]ccc2c(N2CCC[C@@H](NCC3CC3)C2)c1Br. The van der Waals surface area contributed by atoms with E-state index in [9.17, 15) is 4.79 Å². The zero-order valence-corrected chi connectivity index (χ0v) is 15.1. The Labute approximate surface area is 149 Å². The van der Waals surface area contributed by atoms with E-state index in [4.69, 9.17) is 5.73 Å². The number of nitrogens with two attached hydrogens (primary N) is 1. The van der Waals surface area contributed by atoms with Crippen LogP contribution in [0.4, 0.5) is 5.69 Å². The maximum absolute atomic E-state index is 11.8. The van der Waals surface area contributed by atoms with Crippen LogP contribution < -0.4 is 16.0 Å². The number of halogens is 1. The predicted molar refractivity (Wildman–Crippen MR) is 98.3 cm³/mol. The summed E-state index contributed by atoms with van der Waals surface area (Å²) in [5.74, 6) is 0.367. The van der Waals surface area contributed by atoms with Crippen LogP contribution >= 0.6 is 15.9 Å². The van der Waals surface area contributed by atoms with Gasteiger partial charge in [-0.15, -0.1) is 0 Å². The molecule has 7 heteroatoms. The van der Waals surface area contributed by atoms with E-state index in [2.05, 4.69) is 36.1 Å². The van der Waals surface area contributed by atoms with Gasteiger partial charge in [-0.3, -0.25) is 4.79 Å². The summed E-state index contributed by atoms with van der Waals surface area (Å²) in [6, 6.07) is 2.50. The molecule has 2 aliphatic rings. The number of pyridine rings is 1. The second-order valence-electron chi connectivity index (χ2n) is 6.86. The molecule has 0 radical (unpaired) electrons. The quantitative estimate of drug-likeness (QED) is 0.729. The number of nitrogens with zero attached hydrogens (tertiary/aromatic N) is 2. The number of hydrogen-bond acceptors (Lipinski definition) is 4. The van der Waals surface area contributed by atoms with Gasteiger partial charge in [0.1, 0.15) is 11.3 Å². The lowest BCUT2D eigenvalue weighted by Gasteiger charge is -2.36. The summed E-state index contributed by atoms with van der Waals surface area (Å²) >= 11 is 3.58. The van der Waals surface area contributed by atoms with Crippen molar-refractivity contribution >= 4 is 38.6 Å². The number of amides is 1. The van der Waals surface area contributed by atoms with Gasteiger partial charge in [0, 0.05) is 30.7 Å². The molecule has 1 saturated heterocycles. The third-order valence-corrected chi connectivity index (χ3v) is 5.73. The van der Waals surface area contributed by atoms with E-state index in [0.29, 0.717) is 16.2 Å². The molecule has 1 saturated carbocycles. The average Bonchev–Trinajstić information content (AvgIpc) is 3.29. The van der Waals surface area contributed by atoms with Crippen molar-refractivity contribution in [3.63, 3.8) is 0 Å². The Bertz CT molecular complexity index is 770. The smallest absolute Gasteiger partial charge is 0.268 e. The molecular weight excluding hydrogens is 370 g/mol. The molecule has 1 aliphatic heterocycles. The molecule has 1 amide bonds. The number of primary amides is 1. The van der Waals surface area contributed by atoms with E-state index in [1.54, 1.807) is 0 Å². The summed E-state index contributed by atoms with van der Waals surface area (Å²) < 4.78 is 0.699. The summed E-state index contributed by atoms with van der Waals surface area (Å²) in [5, 5.41) is 4.73. The maximum Gasteiger partial charge on any atom is 0.268 e. The van der Waals surface area contributed by atoms with Crippen LogP contribution in [0.3, 0.4) is 0 Å². The summed E-state index contributed by atoms with van der Waals surface area (Å²) in [5.41, 5.74) is 7.52. The molecule has 3 heterocycles. The van der Waals surface area contributed by atoms with Gasteiger partial charge in [0.05, 0.1) is 10.2 Å². The number of anilines is 1. The van der Waals surface area contributed by atoms with Gasteiger partial charge in [-0.1, -0.05) is 0 Å². The summed E-state index contributed by atoms with van der Waals surface area (Å²) in [4.78, 5) is 21.6. The average molecular weight is 392 g/mol. The standard InChI is InChI=1S/C17H22BrN5O/c18-13-14(16(19)24)22-17-12(5-6-20-17)15(13)23-7-1-2-11(9-23)21-8-10-3-4-10/h5-6,10-11,21H,1-4,7-9H2,(H2,19,24)(H,20,22)/t11-/m1/s1. The Balaban J connectivity index is 1.65. The number of hydrogen-bond donors (Lipinski definition) is 3. The van der Waals surface area contributed by atoms with Crippen LogP contribution in [-0.2, 0) is 0 Å². The van der Waals surface area contributed by atoms with Crippen molar-refractivity contribution < 1.29 is 4.79 Å². The monoisotopic (exact) mass is 391 g/mol. The van der Waals surface area contributed by atoms with E-state index in [-0.39, 0.29) is 5.69 Å². The number of aromatic amines is 1. The molecule has 0 aromatic carbocycles. The molecule has 1 atom stereocenters. The first-order chi connectivity index (χ1) is 11.6. The summed E-state index contributed by atoms with van der Waals surface area (Å²) in [7, 11) is 0. The zero-order chi connectivity index (χ0) is 16.7. The van der Waals surface area contributed by atoms with Crippen LogP contribution in [0.1, 0.15) is 36.2 Å². The number of piperidine rings is 1. The molecule has 0 unspecified atom stereocenters. The highest BCUT2D eigenvalue weighted by Crippen LogP contribution is 2.37. The first-order valence-corrected chi connectivity index (χ1v) is 9.37. The Morgan fingerprint density at radius 1 is 1.46 bits per heavy atom. The fourth-order valence-corrected chi connectivity index (χ4v) is 4.26. The largest absolute Gasteiger partial charge is 0.368 e. The lowest BCUT2D eigenvalue weighted by Crippen LogP contribution is -2.46. The van der Waals surface area contributed by atoms with Crippen molar-refractivity contribution in [1.29, 1.82) is 0 Å². The predicted octanol–water partition coefficient (Wildman–Crippen LogP) is 2.39. The molecule has 2 aromatic heterocycles. The molecule has 2 fully saturated rings. The van der Waals surface area contributed by atoms with Gasteiger partial charge in [-0.2, -0.15) is 0 Å². The van der Waals surface area contributed by atoms with Gasteiger partial charge in [0.15, 0.2) is 0 Å². The van der Waals surface area contributed by atoms with E-state index in [1.165, 1.54) is 19.3 Å². The van der Waals surface area contributed by atoms with Gasteiger partial charge in [-0.05, 0) is 60.1 Å². The number of aromatic nitrogens is 2. The number of rotatable bonds is 5. The molecule has 128 valence electrons. The first-order valence-electron chi connectivity index (χ1n) is 8.58. The third-order valence-electron chi connectivity index (χ3n) is 4.98. The topological polar surface area (TPSA) is 87.0 Å². The number of nitrogens with one attached hydrogen (secondary N) is 2. The molecule has 4 N–H and O–H groups in total. The van der Waals surface area contributed by atoms with Crippen LogP contribution in [0.2, 0.25) is 0 Å². The Hall–Kier alpha value is -1.60. The minimum Gasteiger partial charge on any atom is -0.368 e. The highest BCUT2D eigenvalue weighted by Gasteiger charge is 2.28. The number of H-pyrrole nitrogens is 1. The van der Waals surface area contributed by atoms with Crippen molar-refractivity contribution in [2.45, 2.75) is 31.7 Å². The van der Waals surface area contributed by atoms with Crippen molar-refractivity contribution in [1.82, 2.24) is 15.3 Å². The number of carbonyl (C=O) groups excluding carboxylic acids is 1. The molecular formula is C17H22BrN5O. The van der Waals surface area contributed by atoms with Crippen LogP contribution in [0, 0.1) is 5.92 Å². The minimum absolute atomic E-state index is 0.285. The van der Waals surface area contributed by atoms with E-state index in [1.807, 2.05) is 12.3 Å². The fraction of sp³-hybridized carbons (Fsp3) is 0.529. The zero-order valence-electron chi connectivity index (χ0n) is 13.5. The van der Waals surface area contributed by atoms with E-state index >= 15 is 0 Å². The highest BCUT2D eigenvalue weighted by molar-refractivity contribution is 9.10. The van der Waals surface area contributed by atoms with Crippen molar-refractivity contribution in [2.75, 3.05) is 24.5 Å². The first kappa shape index (κ1) is 15.9. The molecule has 6 nitrogen and oxygen atoms in total. The lowest BCUT2D eigenvalue weighted by molar-refractivity contribution is 0.0995. The van der Waals surface area contributed by atoms with E-state index < -0.39 is 5.91 Å². The lowest BCUT2D eigenvalue weighted by atomic mass is 10.0. The summed E-state index contributed by atoms with van der Waals surface area (Å²) in [6.07, 6.45) is 6.92. The van der Waals surface area contributed by atoms with E-state index in [0.717, 1.165) is 43.0 Å². The molecule has 0 bridgehead atoms. The van der Waals surface area contributed by atoms with Gasteiger partial charge < -0.3 is 20.9 Å². The van der Waals surface area contributed by atoms with Crippen LogP contribution in [-0.4, -0.2) is 41.6 Å². The molecule has 0 spiro atoms. The Morgan fingerprint density at radius 3 is 3.04 bits per heavy atom. The van der Waals surface area contributed by atoms with Gasteiger partial charge in [0.2, 0.25) is 0 Å². The van der Waals surface area contributed by atoms with Crippen LogP contribution in [0.15, 0.2) is 16.7 Å². The van der Waals surface area contributed by atoms with Gasteiger partial charge in [0.25, 0.3) is 5.91 Å². The minimum atomic E-state index is -0.514. The molecule has 2 aromatic rings. The van der Waals surface area contributed by atoms with Crippen molar-refractivity contribution in [3.8, 4) is 0 Å². The Morgan fingerprint density at radius 2 is 2.29 bits per heavy atom. The highest BCUT2D eigenvalue weighted by atomic mass is 79.9. The number of fused-ring (bicyclic) bond motifs is 1.